The van der Waals surface area contributed by atoms with Gasteiger partial charge in [0.05, 0.1) is 0 Å². The summed E-state index contributed by atoms with van der Waals surface area (Å²) in [5, 5.41) is 0. The van der Waals surface area contributed by atoms with E-state index in [1.54, 1.807) is 0 Å². The van der Waals surface area contributed by atoms with Crippen molar-refractivity contribution >= 4 is 0 Å². The molecule has 1 atom stereocenters. The fourth-order valence-corrected chi connectivity index (χ4v) is 5.02. The Morgan fingerprint density at radius 2 is 1.65 bits per heavy atom. The molecule has 2 heteroatoms. The maximum atomic E-state index is 6.33. The molecule has 0 amide bonds. The lowest BCUT2D eigenvalue weighted by atomic mass is 9.61. The molecule has 0 aliphatic heterocycles. The molecule has 0 saturated heterocycles. The van der Waals surface area contributed by atoms with Gasteiger partial charge in [-0.3, -0.25) is 4.90 Å². The minimum atomic E-state index is 0.231. The number of nitrogens with two attached hydrogens (primary N) is 1. The summed E-state index contributed by atoms with van der Waals surface area (Å²) in [4.78, 5) is 2.72. The van der Waals surface area contributed by atoms with E-state index in [1.807, 2.05) is 0 Å². The van der Waals surface area contributed by atoms with Crippen molar-refractivity contribution in [1.29, 1.82) is 0 Å². The number of hydrogen-bond donors (Lipinski definition) is 1. The average Bonchev–Trinajstić information content (AvgIpc) is 2.46. The summed E-state index contributed by atoms with van der Waals surface area (Å²) in [6.45, 7) is 8.07. The first-order valence-electron chi connectivity index (χ1n) is 8.90. The number of likely N-dealkylation sites (N-methyl/N-ethyl adjacent to an activating group) is 1. The van der Waals surface area contributed by atoms with Gasteiger partial charge in [0.1, 0.15) is 0 Å². The van der Waals surface area contributed by atoms with E-state index >= 15 is 0 Å². The molecule has 2 N–H and O–H groups in total. The number of nitrogens with zero attached hydrogens (tertiary/aromatic N) is 1. The smallest absolute Gasteiger partial charge is 0.0382 e. The Labute approximate surface area is 126 Å². The van der Waals surface area contributed by atoms with Gasteiger partial charge in [-0.05, 0) is 56.9 Å². The Morgan fingerprint density at radius 1 is 1.05 bits per heavy atom. The van der Waals surface area contributed by atoms with Crippen molar-refractivity contribution in [3.8, 4) is 0 Å². The highest BCUT2D eigenvalue weighted by Gasteiger charge is 2.50. The molecule has 2 fully saturated rings. The van der Waals surface area contributed by atoms with Crippen LogP contribution in [0.25, 0.3) is 0 Å². The minimum absolute atomic E-state index is 0.231. The van der Waals surface area contributed by atoms with Gasteiger partial charge in [0.15, 0.2) is 0 Å². The molecule has 2 nitrogen and oxygen atoms in total. The van der Waals surface area contributed by atoms with E-state index in [9.17, 15) is 0 Å². The lowest BCUT2D eigenvalue weighted by Crippen LogP contribution is -2.65. The highest BCUT2D eigenvalue weighted by molar-refractivity contribution is 5.06. The number of rotatable bonds is 4. The molecule has 2 aliphatic carbocycles. The Morgan fingerprint density at radius 3 is 2.15 bits per heavy atom. The van der Waals surface area contributed by atoms with Crippen LogP contribution >= 0.6 is 0 Å². The Bertz CT molecular complexity index is 305. The average molecular weight is 280 g/mol. The van der Waals surface area contributed by atoms with E-state index < -0.39 is 0 Å². The molecule has 0 heterocycles. The topological polar surface area (TPSA) is 29.3 Å². The van der Waals surface area contributed by atoms with E-state index in [2.05, 4.69) is 32.7 Å². The molecule has 0 spiro atoms. The molecule has 0 aromatic carbocycles. The summed E-state index contributed by atoms with van der Waals surface area (Å²) in [5.74, 6) is 0.979. The summed E-state index contributed by atoms with van der Waals surface area (Å²) in [6.07, 6.45) is 12.3. The van der Waals surface area contributed by atoms with Crippen molar-refractivity contribution in [2.45, 2.75) is 90.1 Å². The van der Waals surface area contributed by atoms with Crippen LogP contribution in [0.1, 0.15) is 78.6 Å². The third-order valence-corrected chi connectivity index (χ3v) is 6.86. The Hall–Kier alpha value is -0.0800. The van der Waals surface area contributed by atoms with Gasteiger partial charge in [-0.1, -0.05) is 40.0 Å². The van der Waals surface area contributed by atoms with Crippen molar-refractivity contribution < 1.29 is 0 Å². The van der Waals surface area contributed by atoms with Crippen LogP contribution in [0.15, 0.2) is 0 Å². The fourth-order valence-electron chi connectivity index (χ4n) is 5.02. The largest absolute Gasteiger partial charge is 0.329 e. The zero-order chi connectivity index (χ0) is 14.8. The molecule has 2 saturated carbocycles. The SMILES string of the molecule is CCC1CCC(N(C)C2(CN)CCCCC2(C)C)CC1. The predicted molar refractivity (Wildman–Crippen MR) is 87.8 cm³/mol. The van der Waals surface area contributed by atoms with Gasteiger partial charge in [0, 0.05) is 18.1 Å². The van der Waals surface area contributed by atoms with Crippen LogP contribution < -0.4 is 5.73 Å². The summed E-state index contributed by atoms with van der Waals surface area (Å²) in [6, 6.07) is 0.763. The van der Waals surface area contributed by atoms with Crippen LogP contribution in [-0.4, -0.2) is 30.1 Å². The van der Waals surface area contributed by atoms with Crippen LogP contribution in [0, 0.1) is 11.3 Å². The van der Waals surface area contributed by atoms with Crippen LogP contribution in [0.4, 0.5) is 0 Å². The van der Waals surface area contributed by atoms with Crippen molar-refractivity contribution in [1.82, 2.24) is 4.90 Å². The second kappa shape index (κ2) is 6.36. The second-order valence-electron chi connectivity index (χ2n) is 8.02. The van der Waals surface area contributed by atoms with Crippen LogP contribution in [-0.2, 0) is 0 Å². The van der Waals surface area contributed by atoms with Crippen LogP contribution in [0.5, 0.6) is 0 Å². The molecule has 118 valence electrons. The molecule has 2 rings (SSSR count). The molecule has 0 aromatic heterocycles. The Kier molecular flexibility index (Phi) is 5.18. The van der Waals surface area contributed by atoms with Gasteiger partial charge < -0.3 is 5.73 Å². The first kappa shape index (κ1) is 16.3. The maximum Gasteiger partial charge on any atom is 0.0382 e. The predicted octanol–water partition coefficient (Wildman–Crippen LogP) is 4.18. The summed E-state index contributed by atoms with van der Waals surface area (Å²) >= 11 is 0. The van der Waals surface area contributed by atoms with Gasteiger partial charge in [0.25, 0.3) is 0 Å². The molecule has 0 bridgehead atoms. The van der Waals surface area contributed by atoms with Crippen molar-refractivity contribution in [3.05, 3.63) is 0 Å². The van der Waals surface area contributed by atoms with E-state index in [0.717, 1.165) is 18.5 Å². The summed E-state index contributed by atoms with van der Waals surface area (Å²) < 4.78 is 0. The monoisotopic (exact) mass is 280 g/mol. The van der Waals surface area contributed by atoms with E-state index in [-0.39, 0.29) is 5.54 Å². The third-order valence-electron chi connectivity index (χ3n) is 6.86. The summed E-state index contributed by atoms with van der Waals surface area (Å²) in [7, 11) is 2.37. The minimum Gasteiger partial charge on any atom is -0.329 e. The highest BCUT2D eigenvalue weighted by atomic mass is 15.2. The van der Waals surface area contributed by atoms with Crippen LogP contribution in [0.2, 0.25) is 0 Å². The molecule has 20 heavy (non-hydrogen) atoms. The normalized spacial score (nSPS) is 38.1. The van der Waals surface area contributed by atoms with Crippen LogP contribution in [0.3, 0.4) is 0 Å². The van der Waals surface area contributed by atoms with Crippen molar-refractivity contribution in [2.24, 2.45) is 17.1 Å². The van der Waals surface area contributed by atoms with E-state index in [4.69, 9.17) is 5.73 Å². The van der Waals surface area contributed by atoms with Gasteiger partial charge in [0.2, 0.25) is 0 Å². The molecule has 0 aromatic rings. The van der Waals surface area contributed by atoms with Gasteiger partial charge in [-0.25, -0.2) is 0 Å². The maximum absolute atomic E-state index is 6.33. The van der Waals surface area contributed by atoms with E-state index in [0.29, 0.717) is 5.41 Å². The number of hydrogen-bond acceptors (Lipinski definition) is 2. The fraction of sp³-hybridized carbons (Fsp3) is 1.00. The molecular weight excluding hydrogens is 244 g/mol. The molecular formula is C18H36N2. The quantitative estimate of drug-likeness (QED) is 0.837. The standard InChI is InChI=1S/C18H36N2/c1-5-15-8-10-16(11-9-15)20(4)18(14-19)13-7-6-12-17(18,2)3/h15-16H,5-14,19H2,1-4H3. The van der Waals surface area contributed by atoms with E-state index in [1.165, 1.54) is 57.8 Å². The van der Waals surface area contributed by atoms with Gasteiger partial charge >= 0.3 is 0 Å². The van der Waals surface area contributed by atoms with Crippen molar-refractivity contribution in [3.63, 3.8) is 0 Å². The Balaban J connectivity index is 2.10. The van der Waals surface area contributed by atoms with Gasteiger partial charge in [-0.2, -0.15) is 0 Å². The van der Waals surface area contributed by atoms with Crippen molar-refractivity contribution in [2.75, 3.05) is 13.6 Å². The third kappa shape index (κ3) is 2.78. The second-order valence-corrected chi connectivity index (χ2v) is 8.02. The zero-order valence-electron chi connectivity index (χ0n) is 14.3. The lowest BCUT2D eigenvalue weighted by Gasteiger charge is -2.57. The summed E-state index contributed by atoms with van der Waals surface area (Å²) in [5.41, 5.74) is 6.92. The highest BCUT2D eigenvalue weighted by Crippen LogP contribution is 2.48. The lowest BCUT2D eigenvalue weighted by molar-refractivity contribution is -0.0614. The van der Waals surface area contributed by atoms with Gasteiger partial charge in [-0.15, -0.1) is 0 Å². The molecule has 0 radical (unpaired) electrons. The molecule has 2 aliphatic rings. The first-order chi connectivity index (χ1) is 9.47. The zero-order valence-corrected chi connectivity index (χ0v) is 14.3. The molecule has 1 unspecified atom stereocenters. The first-order valence-corrected chi connectivity index (χ1v) is 8.90.